The smallest absolute Gasteiger partial charge is 0.248 e. The van der Waals surface area contributed by atoms with Gasteiger partial charge < -0.3 is 0 Å². The van der Waals surface area contributed by atoms with Gasteiger partial charge in [-0.2, -0.15) is 8.78 Å². The molecular formula is C8H9F2OPS. The van der Waals surface area contributed by atoms with Gasteiger partial charge in [-0.05, 0) is 28.3 Å². The Kier molecular flexibility index (Phi) is 3.14. The summed E-state index contributed by atoms with van der Waals surface area (Å²) in [6.07, 6.45) is 0. The highest BCUT2D eigenvalue weighted by Crippen LogP contribution is 2.31. The zero-order chi connectivity index (χ0) is 10.1. The van der Waals surface area contributed by atoms with Gasteiger partial charge in [0.15, 0.2) is 0 Å². The van der Waals surface area contributed by atoms with Crippen molar-refractivity contribution in [2.24, 2.45) is 0 Å². The quantitative estimate of drug-likeness (QED) is 0.703. The summed E-state index contributed by atoms with van der Waals surface area (Å²) < 4.78 is 36.2. The fraction of sp³-hybridized carbons (Fsp3) is 0.250. The van der Waals surface area contributed by atoms with Gasteiger partial charge in [0.25, 0.3) is 0 Å². The van der Waals surface area contributed by atoms with Gasteiger partial charge in [0.2, 0.25) is 0 Å². The third-order valence-corrected chi connectivity index (χ3v) is 3.32. The molecule has 0 aliphatic carbocycles. The monoisotopic (exact) mass is 222 g/mol. The maximum Gasteiger partial charge on any atom is 0.335 e. The van der Waals surface area contributed by atoms with E-state index in [-0.39, 0.29) is 4.90 Å². The molecule has 1 aromatic carbocycles. The van der Waals surface area contributed by atoms with Crippen molar-refractivity contribution < 1.29 is 13.0 Å². The predicted octanol–water partition coefficient (Wildman–Crippen LogP) is 2.53. The van der Waals surface area contributed by atoms with Crippen LogP contribution in [-0.2, 0) is 10.8 Å². The molecule has 0 heterocycles. The van der Waals surface area contributed by atoms with Crippen molar-refractivity contribution in [2.45, 2.75) is 16.8 Å². The van der Waals surface area contributed by atoms with Crippen molar-refractivity contribution in [3.8, 4) is 0 Å². The summed E-state index contributed by atoms with van der Waals surface area (Å²) in [5, 5.41) is 0. The second-order valence-corrected chi connectivity index (χ2v) is 5.34. The molecule has 0 amide bonds. The van der Waals surface area contributed by atoms with E-state index in [1.54, 1.807) is 12.1 Å². The largest absolute Gasteiger partial charge is 0.335 e. The second-order valence-electron chi connectivity index (χ2n) is 2.64. The van der Waals surface area contributed by atoms with Crippen LogP contribution < -0.4 is 0 Å². The molecule has 0 aliphatic heterocycles. The molecule has 0 bridgehead atoms. The van der Waals surface area contributed by atoms with Crippen LogP contribution in [0.2, 0.25) is 0 Å². The molecule has 0 saturated heterocycles. The van der Waals surface area contributed by atoms with Gasteiger partial charge >= 0.3 is 5.00 Å². The van der Waals surface area contributed by atoms with Crippen molar-refractivity contribution >= 4 is 20.0 Å². The molecular weight excluding hydrogens is 213 g/mol. The second kappa shape index (κ2) is 3.81. The molecule has 0 radical (unpaired) electrons. The number of hydrogen-bond donors (Lipinski definition) is 0. The Labute approximate surface area is 80.2 Å². The fourth-order valence-corrected chi connectivity index (χ4v) is 1.92. The summed E-state index contributed by atoms with van der Waals surface area (Å²) in [5.74, 6) is 0. The summed E-state index contributed by atoms with van der Waals surface area (Å²) in [6.45, 7) is 1.84. The molecule has 72 valence electrons. The molecule has 0 aromatic heterocycles. The van der Waals surface area contributed by atoms with E-state index >= 15 is 0 Å². The van der Waals surface area contributed by atoms with E-state index in [0.29, 0.717) is 0 Å². The Balaban J connectivity index is 2.97. The molecule has 1 rings (SSSR count). The number of alkyl halides is 2. The molecule has 0 saturated carbocycles. The van der Waals surface area contributed by atoms with Crippen LogP contribution >= 0.6 is 9.24 Å². The van der Waals surface area contributed by atoms with Crippen molar-refractivity contribution in [1.82, 2.24) is 0 Å². The van der Waals surface area contributed by atoms with Gasteiger partial charge in [-0.25, -0.2) is 4.21 Å². The lowest BCUT2D eigenvalue weighted by Crippen LogP contribution is -2.13. The molecule has 2 unspecified atom stereocenters. The van der Waals surface area contributed by atoms with E-state index in [1.807, 2.05) is 6.92 Å². The SMILES string of the molecule is Cc1ccc(S(=O)C(F)(F)P)cc1. The van der Waals surface area contributed by atoms with Gasteiger partial charge in [-0.15, -0.1) is 0 Å². The van der Waals surface area contributed by atoms with E-state index < -0.39 is 15.8 Å². The minimum atomic E-state index is -3.25. The van der Waals surface area contributed by atoms with Crippen LogP contribution in [0.5, 0.6) is 0 Å². The first-order chi connectivity index (χ1) is 5.91. The Morgan fingerprint density at radius 1 is 1.31 bits per heavy atom. The van der Waals surface area contributed by atoms with Gasteiger partial charge in [-0.1, -0.05) is 17.7 Å². The third kappa shape index (κ3) is 2.82. The van der Waals surface area contributed by atoms with Gasteiger partial charge in [-0.3, -0.25) is 0 Å². The Morgan fingerprint density at radius 2 is 1.77 bits per heavy atom. The van der Waals surface area contributed by atoms with Gasteiger partial charge in [0, 0.05) is 4.90 Å². The Bertz CT molecular complexity index is 318. The number of aryl methyl sites for hydroxylation is 1. The molecule has 1 aromatic rings. The molecule has 5 heteroatoms. The fourth-order valence-electron chi connectivity index (χ4n) is 0.819. The maximum absolute atomic E-state index is 12.6. The van der Waals surface area contributed by atoms with Crippen molar-refractivity contribution in [1.29, 1.82) is 0 Å². The van der Waals surface area contributed by atoms with Crippen LogP contribution in [0.15, 0.2) is 29.2 Å². The number of hydrogen-bond acceptors (Lipinski definition) is 1. The highest BCUT2D eigenvalue weighted by atomic mass is 32.2. The number of benzene rings is 1. The van der Waals surface area contributed by atoms with Crippen molar-refractivity contribution in [2.75, 3.05) is 0 Å². The topological polar surface area (TPSA) is 17.1 Å². The predicted molar refractivity (Wildman–Crippen MR) is 52.2 cm³/mol. The summed E-state index contributed by atoms with van der Waals surface area (Å²) >= 11 is 0. The maximum atomic E-state index is 12.6. The number of rotatable bonds is 2. The molecule has 2 atom stereocenters. The summed E-state index contributed by atoms with van der Waals surface area (Å²) in [7, 11) is -0.997. The first kappa shape index (κ1) is 10.7. The highest BCUT2D eigenvalue weighted by molar-refractivity contribution is 7.90. The lowest BCUT2D eigenvalue weighted by atomic mass is 10.2. The Hall–Kier alpha value is -0.340. The minimum absolute atomic E-state index is 0.144. The third-order valence-electron chi connectivity index (χ3n) is 1.48. The van der Waals surface area contributed by atoms with Crippen molar-refractivity contribution in [3.05, 3.63) is 29.8 Å². The highest BCUT2D eigenvalue weighted by Gasteiger charge is 2.31. The Morgan fingerprint density at radius 3 is 2.15 bits per heavy atom. The first-order valence-electron chi connectivity index (χ1n) is 3.56. The van der Waals surface area contributed by atoms with Crippen LogP contribution in [-0.4, -0.2) is 9.20 Å². The van der Waals surface area contributed by atoms with Crippen LogP contribution in [0, 0.1) is 6.92 Å². The van der Waals surface area contributed by atoms with E-state index in [9.17, 15) is 13.0 Å². The van der Waals surface area contributed by atoms with E-state index in [1.165, 1.54) is 21.4 Å². The molecule has 0 N–H and O–H groups in total. The van der Waals surface area contributed by atoms with Gasteiger partial charge in [0.1, 0.15) is 10.8 Å². The van der Waals surface area contributed by atoms with Crippen LogP contribution in [0.3, 0.4) is 0 Å². The minimum Gasteiger partial charge on any atom is -0.248 e. The van der Waals surface area contributed by atoms with Crippen LogP contribution in [0.4, 0.5) is 8.78 Å². The average molecular weight is 222 g/mol. The van der Waals surface area contributed by atoms with E-state index in [2.05, 4.69) is 0 Å². The van der Waals surface area contributed by atoms with E-state index in [0.717, 1.165) is 5.56 Å². The molecule has 1 nitrogen and oxygen atoms in total. The normalized spacial score (nSPS) is 14.2. The summed E-state index contributed by atoms with van der Waals surface area (Å²) in [5.41, 5.74) is 0.952. The lowest BCUT2D eigenvalue weighted by Gasteiger charge is -2.09. The van der Waals surface area contributed by atoms with Crippen molar-refractivity contribution in [3.63, 3.8) is 0 Å². The molecule has 0 aliphatic rings. The van der Waals surface area contributed by atoms with E-state index in [4.69, 9.17) is 0 Å². The summed E-state index contributed by atoms with van der Waals surface area (Å²) in [4.78, 5) is -3.11. The zero-order valence-corrected chi connectivity index (χ0v) is 8.93. The first-order valence-corrected chi connectivity index (χ1v) is 5.29. The molecule has 0 fully saturated rings. The lowest BCUT2D eigenvalue weighted by molar-refractivity contribution is 0.203. The summed E-state index contributed by atoms with van der Waals surface area (Å²) in [6, 6.07) is 6.21. The molecule has 13 heavy (non-hydrogen) atoms. The number of halogens is 2. The van der Waals surface area contributed by atoms with Gasteiger partial charge in [0.05, 0.1) is 0 Å². The molecule has 0 spiro atoms. The average Bonchev–Trinajstić information content (AvgIpc) is 2.03. The standard InChI is InChI=1S/C8H9F2OPS/c1-6-2-4-7(5-3-6)13(11)8(9,10)12/h2-5H,12H2,1H3. The van der Waals surface area contributed by atoms with Crippen LogP contribution in [0.1, 0.15) is 5.56 Å². The van der Waals surface area contributed by atoms with Crippen LogP contribution in [0.25, 0.3) is 0 Å². The zero-order valence-electron chi connectivity index (χ0n) is 6.96.